The number of nitrogens with one attached hydrogen (secondary N) is 1. The van der Waals surface area contributed by atoms with Gasteiger partial charge in [0.15, 0.2) is 0 Å². The van der Waals surface area contributed by atoms with E-state index in [-0.39, 0.29) is 17.8 Å². The topological polar surface area (TPSA) is 47.6 Å². The predicted molar refractivity (Wildman–Crippen MR) is 90.9 cm³/mol. The van der Waals surface area contributed by atoms with E-state index in [0.29, 0.717) is 11.4 Å². The standard InChI is InChI=1S/C19H18FNO3/c1-12-9-14-11-17(23-2)13(10-18(14)24-12)3-8-19(22)21-16-6-4-15(20)5-7-16/h3-8,10-12H,9H2,1-2H3,(H,21,22). The van der Waals surface area contributed by atoms with Crippen LogP contribution in [-0.2, 0) is 11.2 Å². The van der Waals surface area contributed by atoms with Crippen molar-refractivity contribution >= 4 is 17.7 Å². The maximum absolute atomic E-state index is 12.9. The molecule has 0 saturated carbocycles. The minimum atomic E-state index is -0.347. The van der Waals surface area contributed by atoms with Gasteiger partial charge in [0.25, 0.3) is 0 Å². The van der Waals surface area contributed by atoms with Crippen molar-refractivity contribution in [3.05, 3.63) is 59.4 Å². The first-order chi connectivity index (χ1) is 11.5. The molecule has 1 aliphatic rings. The number of ether oxygens (including phenoxy) is 2. The molecule has 1 heterocycles. The summed E-state index contributed by atoms with van der Waals surface area (Å²) in [6.45, 7) is 2.01. The van der Waals surface area contributed by atoms with Gasteiger partial charge in [-0.2, -0.15) is 0 Å². The Kier molecular flexibility index (Phi) is 4.51. The maximum atomic E-state index is 12.9. The zero-order valence-electron chi connectivity index (χ0n) is 13.5. The molecular formula is C19H18FNO3. The summed E-state index contributed by atoms with van der Waals surface area (Å²) in [6.07, 6.45) is 4.07. The lowest BCUT2D eigenvalue weighted by molar-refractivity contribution is -0.111. The fourth-order valence-corrected chi connectivity index (χ4v) is 2.64. The summed E-state index contributed by atoms with van der Waals surface area (Å²) in [5.41, 5.74) is 2.40. The summed E-state index contributed by atoms with van der Waals surface area (Å²) in [5, 5.41) is 2.67. The maximum Gasteiger partial charge on any atom is 0.248 e. The molecule has 2 aromatic rings. The van der Waals surface area contributed by atoms with Crippen molar-refractivity contribution in [2.24, 2.45) is 0 Å². The Labute approximate surface area is 139 Å². The van der Waals surface area contributed by atoms with Crippen molar-refractivity contribution in [1.82, 2.24) is 0 Å². The zero-order valence-corrected chi connectivity index (χ0v) is 13.5. The van der Waals surface area contributed by atoms with Crippen molar-refractivity contribution in [1.29, 1.82) is 0 Å². The quantitative estimate of drug-likeness (QED) is 0.869. The second-order valence-corrected chi connectivity index (χ2v) is 5.66. The number of rotatable bonds is 4. The monoisotopic (exact) mass is 327 g/mol. The first kappa shape index (κ1) is 16.1. The molecule has 1 aliphatic heterocycles. The minimum absolute atomic E-state index is 0.144. The summed E-state index contributed by atoms with van der Waals surface area (Å²) in [5.74, 6) is 0.860. The fraction of sp³-hybridized carbons (Fsp3) is 0.211. The second-order valence-electron chi connectivity index (χ2n) is 5.66. The van der Waals surface area contributed by atoms with E-state index in [1.807, 2.05) is 19.1 Å². The summed E-state index contributed by atoms with van der Waals surface area (Å²) < 4.78 is 24.0. The molecule has 4 nitrogen and oxygen atoms in total. The van der Waals surface area contributed by atoms with E-state index in [1.165, 1.54) is 30.3 Å². The van der Waals surface area contributed by atoms with Crippen LogP contribution in [-0.4, -0.2) is 19.1 Å². The number of halogens is 1. The van der Waals surface area contributed by atoms with Gasteiger partial charge in [0.1, 0.15) is 23.4 Å². The van der Waals surface area contributed by atoms with Gasteiger partial charge in [0.05, 0.1) is 7.11 Å². The summed E-state index contributed by atoms with van der Waals surface area (Å²) >= 11 is 0. The normalized spacial score (nSPS) is 15.9. The van der Waals surface area contributed by atoms with Gasteiger partial charge in [-0.1, -0.05) is 0 Å². The Morgan fingerprint density at radius 1 is 1.33 bits per heavy atom. The van der Waals surface area contributed by atoms with E-state index in [4.69, 9.17) is 9.47 Å². The van der Waals surface area contributed by atoms with Crippen LogP contribution in [0.2, 0.25) is 0 Å². The van der Waals surface area contributed by atoms with E-state index >= 15 is 0 Å². The number of carbonyl (C=O) groups excluding carboxylic acids is 1. The number of anilines is 1. The van der Waals surface area contributed by atoms with Crippen LogP contribution in [0.15, 0.2) is 42.5 Å². The third kappa shape index (κ3) is 3.56. The van der Waals surface area contributed by atoms with Crippen LogP contribution in [0.5, 0.6) is 11.5 Å². The number of methoxy groups -OCH3 is 1. The third-order valence-electron chi connectivity index (χ3n) is 3.77. The van der Waals surface area contributed by atoms with E-state index in [0.717, 1.165) is 23.3 Å². The number of hydrogen-bond donors (Lipinski definition) is 1. The molecule has 1 atom stereocenters. The molecule has 1 unspecified atom stereocenters. The summed E-state index contributed by atoms with van der Waals surface area (Å²) in [6, 6.07) is 9.41. The largest absolute Gasteiger partial charge is 0.496 e. The average Bonchev–Trinajstić information content (AvgIpc) is 2.93. The minimum Gasteiger partial charge on any atom is -0.496 e. The van der Waals surface area contributed by atoms with Crippen molar-refractivity contribution < 1.29 is 18.7 Å². The van der Waals surface area contributed by atoms with Crippen molar-refractivity contribution in [3.8, 4) is 11.5 Å². The molecule has 0 aliphatic carbocycles. The molecule has 0 spiro atoms. The SMILES string of the molecule is COc1cc2c(cc1C=CC(=O)Nc1ccc(F)cc1)OC(C)C2. The Morgan fingerprint density at radius 2 is 2.08 bits per heavy atom. The van der Waals surface area contributed by atoms with Crippen molar-refractivity contribution in [3.63, 3.8) is 0 Å². The van der Waals surface area contributed by atoms with Crippen LogP contribution >= 0.6 is 0 Å². The lowest BCUT2D eigenvalue weighted by Crippen LogP contribution is -2.07. The molecule has 0 aromatic heterocycles. The van der Waals surface area contributed by atoms with Crippen LogP contribution in [0.4, 0.5) is 10.1 Å². The van der Waals surface area contributed by atoms with Gasteiger partial charge in [0, 0.05) is 29.3 Å². The molecule has 124 valence electrons. The third-order valence-corrected chi connectivity index (χ3v) is 3.77. The Hall–Kier alpha value is -2.82. The Balaban J connectivity index is 1.75. The molecule has 0 radical (unpaired) electrons. The number of fused-ring (bicyclic) bond motifs is 1. The fourth-order valence-electron chi connectivity index (χ4n) is 2.64. The highest BCUT2D eigenvalue weighted by Crippen LogP contribution is 2.35. The van der Waals surface area contributed by atoms with Crippen molar-refractivity contribution in [2.75, 3.05) is 12.4 Å². The first-order valence-electron chi connectivity index (χ1n) is 7.67. The first-order valence-corrected chi connectivity index (χ1v) is 7.67. The van der Waals surface area contributed by atoms with E-state index < -0.39 is 0 Å². The highest BCUT2D eigenvalue weighted by Gasteiger charge is 2.21. The van der Waals surface area contributed by atoms with Gasteiger partial charge >= 0.3 is 0 Å². The number of hydrogen-bond acceptors (Lipinski definition) is 3. The molecule has 0 fully saturated rings. The highest BCUT2D eigenvalue weighted by molar-refractivity contribution is 6.02. The number of carbonyl (C=O) groups is 1. The second kappa shape index (κ2) is 6.74. The van der Waals surface area contributed by atoms with E-state index in [9.17, 15) is 9.18 Å². The molecule has 24 heavy (non-hydrogen) atoms. The van der Waals surface area contributed by atoms with E-state index in [2.05, 4.69) is 5.32 Å². The molecular weight excluding hydrogens is 309 g/mol. The highest BCUT2D eigenvalue weighted by atomic mass is 19.1. The molecule has 2 aromatic carbocycles. The zero-order chi connectivity index (χ0) is 17.1. The average molecular weight is 327 g/mol. The van der Waals surface area contributed by atoms with Gasteiger partial charge in [-0.3, -0.25) is 4.79 Å². The Morgan fingerprint density at radius 3 is 2.79 bits per heavy atom. The predicted octanol–water partition coefficient (Wildman–Crippen LogP) is 3.81. The van der Waals surface area contributed by atoms with Gasteiger partial charge in [-0.25, -0.2) is 4.39 Å². The molecule has 0 saturated heterocycles. The number of amides is 1. The molecule has 3 rings (SSSR count). The van der Waals surface area contributed by atoms with E-state index in [1.54, 1.807) is 13.2 Å². The molecule has 0 bridgehead atoms. The lowest BCUT2D eigenvalue weighted by Gasteiger charge is -2.08. The van der Waals surface area contributed by atoms with Crippen LogP contribution in [0.1, 0.15) is 18.1 Å². The van der Waals surface area contributed by atoms with Crippen LogP contribution < -0.4 is 14.8 Å². The van der Waals surface area contributed by atoms with Gasteiger partial charge in [-0.05, 0) is 49.4 Å². The van der Waals surface area contributed by atoms with Gasteiger partial charge in [0.2, 0.25) is 5.91 Å². The van der Waals surface area contributed by atoms with Crippen LogP contribution in [0.25, 0.3) is 6.08 Å². The summed E-state index contributed by atoms with van der Waals surface area (Å²) in [4.78, 5) is 12.0. The van der Waals surface area contributed by atoms with Gasteiger partial charge in [-0.15, -0.1) is 0 Å². The summed E-state index contributed by atoms with van der Waals surface area (Å²) in [7, 11) is 1.59. The molecule has 5 heteroatoms. The lowest BCUT2D eigenvalue weighted by atomic mass is 10.1. The molecule has 1 amide bonds. The number of benzene rings is 2. The van der Waals surface area contributed by atoms with Crippen LogP contribution in [0, 0.1) is 5.82 Å². The smallest absolute Gasteiger partial charge is 0.248 e. The van der Waals surface area contributed by atoms with Crippen LogP contribution in [0.3, 0.4) is 0 Å². The molecule has 1 N–H and O–H groups in total. The Bertz CT molecular complexity index is 784. The van der Waals surface area contributed by atoms with Gasteiger partial charge < -0.3 is 14.8 Å². The van der Waals surface area contributed by atoms with Crippen molar-refractivity contribution in [2.45, 2.75) is 19.4 Å².